The van der Waals surface area contributed by atoms with E-state index in [0.29, 0.717) is 6.42 Å². The summed E-state index contributed by atoms with van der Waals surface area (Å²) in [6.45, 7) is 2.14. The van der Waals surface area contributed by atoms with Gasteiger partial charge in [0.2, 0.25) is 0 Å². The fraction of sp³-hybridized carbons (Fsp3) is 0.458. The van der Waals surface area contributed by atoms with E-state index in [1.54, 1.807) is 0 Å². The van der Waals surface area contributed by atoms with E-state index in [-0.39, 0.29) is 6.42 Å². The van der Waals surface area contributed by atoms with E-state index in [1.807, 2.05) is 0 Å². The SMILES string of the molecule is CC/C=C\C=C/CC/C=C\C/C=C\C/C=C\C/C=C\CCCCC(=O)[O-]. The Morgan fingerprint density at radius 1 is 0.654 bits per heavy atom. The summed E-state index contributed by atoms with van der Waals surface area (Å²) in [5.74, 6) is -0.951. The number of aliphatic carboxylic acids is 1. The fourth-order valence-electron chi connectivity index (χ4n) is 2.16. The minimum absolute atomic E-state index is 0.170. The molecular weight excluding hydrogens is 320 g/mol. The van der Waals surface area contributed by atoms with Crippen molar-refractivity contribution in [2.24, 2.45) is 0 Å². The van der Waals surface area contributed by atoms with Crippen LogP contribution in [0.4, 0.5) is 0 Å². The van der Waals surface area contributed by atoms with Gasteiger partial charge >= 0.3 is 0 Å². The molecule has 0 aromatic carbocycles. The van der Waals surface area contributed by atoms with Gasteiger partial charge < -0.3 is 9.90 Å². The summed E-state index contributed by atoms with van der Waals surface area (Å²) < 4.78 is 0. The van der Waals surface area contributed by atoms with Gasteiger partial charge in [-0.25, -0.2) is 0 Å². The zero-order valence-corrected chi connectivity index (χ0v) is 16.3. The molecule has 0 atom stereocenters. The molecule has 0 aromatic rings. The standard InChI is InChI=1S/C24H36O2/c1-2-3-4-5-6-7-8-9-10-11-12-13-14-15-16-17-18-19-20-21-22-23-24(25)26/h3-6,9-10,12-13,15-16,18-19H,2,7-8,11,14,17,20-23H2,1H3,(H,25,26)/p-1/b4-3-,6-5-,10-9-,13-12-,16-15-,19-18-. The average molecular weight is 356 g/mol. The van der Waals surface area contributed by atoms with E-state index in [4.69, 9.17) is 0 Å². The van der Waals surface area contributed by atoms with Crippen molar-refractivity contribution >= 4 is 5.97 Å². The Labute approximate surface area is 160 Å². The van der Waals surface area contributed by atoms with Gasteiger partial charge in [-0.2, -0.15) is 0 Å². The van der Waals surface area contributed by atoms with E-state index in [1.165, 1.54) is 0 Å². The number of hydrogen-bond donors (Lipinski definition) is 0. The van der Waals surface area contributed by atoms with E-state index >= 15 is 0 Å². The van der Waals surface area contributed by atoms with Crippen LogP contribution in [0.15, 0.2) is 72.9 Å². The van der Waals surface area contributed by atoms with Crippen LogP contribution < -0.4 is 5.11 Å². The van der Waals surface area contributed by atoms with E-state index in [0.717, 1.165) is 51.4 Å². The molecule has 0 saturated heterocycles. The van der Waals surface area contributed by atoms with Gasteiger partial charge in [-0.05, 0) is 64.2 Å². The topological polar surface area (TPSA) is 40.1 Å². The van der Waals surface area contributed by atoms with E-state index in [2.05, 4.69) is 79.8 Å². The van der Waals surface area contributed by atoms with Gasteiger partial charge in [-0.1, -0.05) is 79.8 Å². The Bertz CT molecular complexity index is 490. The van der Waals surface area contributed by atoms with Crippen LogP contribution in [0.1, 0.15) is 71.1 Å². The number of unbranched alkanes of at least 4 members (excludes halogenated alkanes) is 3. The van der Waals surface area contributed by atoms with Crippen molar-refractivity contribution in [1.82, 2.24) is 0 Å². The molecule has 0 unspecified atom stereocenters. The Morgan fingerprint density at radius 2 is 1.15 bits per heavy atom. The lowest BCUT2D eigenvalue weighted by molar-refractivity contribution is -0.305. The van der Waals surface area contributed by atoms with Crippen LogP contribution in [0.5, 0.6) is 0 Å². The van der Waals surface area contributed by atoms with Gasteiger partial charge in [0.25, 0.3) is 0 Å². The number of allylic oxidation sites excluding steroid dienone is 12. The van der Waals surface area contributed by atoms with Gasteiger partial charge in [0.15, 0.2) is 0 Å². The molecule has 0 N–H and O–H groups in total. The summed E-state index contributed by atoms with van der Waals surface area (Å²) >= 11 is 0. The third kappa shape index (κ3) is 21.9. The molecule has 0 aliphatic rings. The predicted octanol–water partition coefficient (Wildman–Crippen LogP) is 5.99. The van der Waals surface area contributed by atoms with Gasteiger partial charge in [0.05, 0.1) is 0 Å². The highest BCUT2D eigenvalue weighted by Crippen LogP contribution is 2.01. The van der Waals surface area contributed by atoms with E-state index < -0.39 is 5.97 Å². The lowest BCUT2D eigenvalue weighted by atomic mass is 10.2. The summed E-state index contributed by atoms with van der Waals surface area (Å²) in [6.07, 6.45) is 35.0. The highest BCUT2D eigenvalue weighted by Gasteiger charge is 1.86. The zero-order chi connectivity index (χ0) is 19.1. The molecule has 0 heterocycles. The normalized spacial score (nSPS) is 13.0. The summed E-state index contributed by atoms with van der Waals surface area (Å²) in [4.78, 5) is 10.2. The number of carboxylic acids is 1. The largest absolute Gasteiger partial charge is 0.550 e. The molecule has 0 aliphatic carbocycles. The maximum absolute atomic E-state index is 10.2. The highest BCUT2D eigenvalue weighted by molar-refractivity contribution is 5.64. The van der Waals surface area contributed by atoms with E-state index in [9.17, 15) is 9.90 Å². The summed E-state index contributed by atoms with van der Waals surface area (Å²) in [6, 6.07) is 0. The molecule has 0 aliphatic heterocycles. The summed E-state index contributed by atoms with van der Waals surface area (Å²) in [5, 5.41) is 10.2. The van der Waals surface area contributed by atoms with Crippen molar-refractivity contribution in [2.75, 3.05) is 0 Å². The molecule has 2 heteroatoms. The first-order valence-electron chi connectivity index (χ1n) is 9.88. The first kappa shape index (κ1) is 23.9. The van der Waals surface area contributed by atoms with Gasteiger partial charge in [0, 0.05) is 5.97 Å². The fourth-order valence-corrected chi connectivity index (χ4v) is 2.16. The third-order valence-corrected chi connectivity index (χ3v) is 3.60. The second kappa shape index (κ2) is 21.0. The van der Waals surface area contributed by atoms with Crippen molar-refractivity contribution in [1.29, 1.82) is 0 Å². The van der Waals surface area contributed by atoms with Crippen molar-refractivity contribution in [3.63, 3.8) is 0 Å². The Balaban J connectivity index is 3.47. The van der Waals surface area contributed by atoms with Crippen molar-refractivity contribution in [2.45, 2.75) is 71.1 Å². The Morgan fingerprint density at radius 3 is 1.73 bits per heavy atom. The first-order valence-corrected chi connectivity index (χ1v) is 9.88. The number of carbonyl (C=O) groups excluding carboxylic acids is 1. The number of rotatable bonds is 16. The molecule has 0 radical (unpaired) electrons. The smallest absolute Gasteiger partial charge is 0.0414 e. The zero-order valence-electron chi connectivity index (χ0n) is 16.3. The lowest BCUT2D eigenvalue weighted by Crippen LogP contribution is -2.21. The van der Waals surface area contributed by atoms with Crippen molar-refractivity contribution in [3.8, 4) is 0 Å². The monoisotopic (exact) mass is 355 g/mol. The van der Waals surface area contributed by atoms with Crippen molar-refractivity contribution < 1.29 is 9.90 Å². The van der Waals surface area contributed by atoms with Gasteiger partial charge in [-0.15, -0.1) is 0 Å². The second-order valence-corrected chi connectivity index (χ2v) is 6.05. The molecule has 0 fully saturated rings. The number of carboxylic acid groups (broad SMARTS) is 1. The molecule has 0 saturated carbocycles. The molecule has 0 amide bonds. The maximum Gasteiger partial charge on any atom is 0.0414 e. The quantitative estimate of drug-likeness (QED) is 0.194. The molecule has 144 valence electrons. The second-order valence-electron chi connectivity index (χ2n) is 6.05. The van der Waals surface area contributed by atoms with Crippen LogP contribution in [0, 0.1) is 0 Å². The highest BCUT2D eigenvalue weighted by atomic mass is 16.4. The minimum Gasteiger partial charge on any atom is -0.550 e. The maximum atomic E-state index is 10.2. The minimum atomic E-state index is -0.951. The number of hydrogen-bond acceptors (Lipinski definition) is 2. The Kier molecular flexibility index (Phi) is 19.3. The van der Waals surface area contributed by atoms with Gasteiger partial charge in [0.1, 0.15) is 0 Å². The van der Waals surface area contributed by atoms with Gasteiger partial charge in [-0.3, -0.25) is 0 Å². The average Bonchev–Trinajstić information content (AvgIpc) is 2.62. The van der Waals surface area contributed by atoms with Crippen LogP contribution in [0.3, 0.4) is 0 Å². The number of carbonyl (C=O) groups is 1. The predicted molar refractivity (Wildman–Crippen MR) is 112 cm³/mol. The van der Waals surface area contributed by atoms with Crippen LogP contribution in [0.2, 0.25) is 0 Å². The Hall–Kier alpha value is -2.09. The molecule has 0 aromatic heterocycles. The molecule has 0 rings (SSSR count). The summed E-state index contributed by atoms with van der Waals surface area (Å²) in [7, 11) is 0. The molecule has 0 spiro atoms. The third-order valence-electron chi connectivity index (χ3n) is 3.60. The van der Waals surface area contributed by atoms with Crippen LogP contribution in [-0.2, 0) is 4.79 Å². The lowest BCUT2D eigenvalue weighted by Gasteiger charge is -1.98. The van der Waals surface area contributed by atoms with Crippen LogP contribution in [-0.4, -0.2) is 5.97 Å². The van der Waals surface area contributed by atoms with Crippen LogP contribution in [0.25, 0.3) is 0 Å². The van der Waals surface area contributed by atoms with Crippen molar-refractivity contribution in [3.05, 3.63) is 72.9 Å². The molecule has 26 heavy (non-hydrogen) atoms. The summed E-state index contributed by atoms with van der Waals surface area (Å²) in [5.41, 5.74) is 0. The molecular formula is C24H35O2-. The van der Waals surface area contributed by atoms with Crippen LogP contribution >= 0.6 is 0 Å². The first-order chi connectivity index (χ1) is 12.8. The molecule has 0 bridgehead atoms. The molecule has 2 nitrogen and oxygen atoms in total.